The van der Waals surface area contributed by atoms with Crippen LogP contribution in [0.3, 0.4) is 0 Å². The fourth-order valence-corrected chi connectivity index (χ4v) is 2.59. The van der Waals surface area contributed by atoms with Crippen molar-refractivity contribution in [2.45, 2.75) is 25.7 Å². The summed E-state index contributed by atoms with van der Waals surface area (Å²) in [5.74, 6) is 2.83. The summed E-state index contributed by atoms with van der Waals surface area (Å²) in [5.41, 5.74) is 6.83. The highest BCUT2D eigenvalue weighted by molar-refractivity contribution is 5.86. The number of ether oxygens (including phenoxy) is 3. The van der Waals surface area contributed by atoms with Gasteiger partial charge in [0.25, 0.3) is 0 Å². The molecule has 0 amide bonds. The number of benzene rings is 1. The Bertz CT molecular complexity index is 469. The largest absolute Gasteiger partial charge is 0.493 e. The number of aliphatic imine (C=N–C) groups is 1. The lowest BCUT2D eigenvalue weighted by molar-refractivity contribution is 0.324. The standard InChI is InChI=1S/C15H22N2O3/c1-18-12-8-11(9-13(19-2)14(12)20-3)17-15(16)10-6-4-5-7-10/h8-10H,4-7H2,1-3H3,(H2,16,17). The molecule has 1 aliphatic rings. The van der Waals surface area contributed by atoms with Gasteiger partial charge in [0.05, 0.1) is 27.0 Å². The van der Waals surface area contributed by atoms with Crippen LogP contribution in [0.15, 0.2) is 17.1 Å². The summed E-state index contributed by atoms with van der Waals surface area (Å²) in [6.45, 7) is 0. The summed E-state index contributed by atoms with van der Waals surface area (Å²) < 4.78 is 15.9. The summed E-state index contributed by atoms with van der Waals surface area (Å²) in [7, 11) is 4.76. The molecular formula is C15H22N2O3. The second-order valence-corrected chi connectivity index (χ2v) is 4.90. The molecule has 20 heavy (non-hydrogen) atoms. The minimum absolute atomic E-state index is 0.397. The molecule has 0 unspecified atom stereocenters. The number of hydrogen-bond acceptors (Lipinski definition) is 4. The fourth-order valence-electron chi connectivity index (χ4n) is 2.59. The highest BCUT2D eigenvalue weighted by atomic mass is 16.5. The van der Waals surface area contributed by atoms with Crippen LogP contribution in [0.5, 0.6) is 17.2 Å². The Labute approximate surface area is 119 Å². The normalized spacial score (nSPS) is 16.2. The van der Waals surface area contributed by atoms with Gasteiger partial charge in [0.1, 0.15) is 5.84 Å². The third-order valence-electron chi connectivity index (χ3n) is 3.68. The number of nitrogens with zero attached hydrogens (tertiary/aromatic N) is 1. The quantitative estimate of drug-likeness (QED) is 0.664. The molecule has 0 bridgehead atoms. The van der Waals surface area contributed by atoms with Gasteiger partial charge in [0, 0.05) is 18.1 Å². The molecule has 5 heteroatoms. The summed E-state index contributed by atoms with van der Waals surface area (Å²) in [6, 6.07) is 3.62. The molecule has 0 atom stereocenters. The summed E-state index contributed by atoms with van der Waals surface area (Å²) in [6.07, 6.45) is 4.71. The molecule has 0 saturated heterocycles. The van der Waals surface area contributed by atoms with E-state index < -0.39 is 0 Å². The summed E-state index contributed by atoms with van der Waals surface area (Å²) in [5, 5.41) is 0. The molecule has 0 spiro atoms. The van der Waals surface area contributed by atoms with Crippen molar-refractivity contribution < 1.29 is 14.2 Å². The smallest absolute Gasteiger partial charge is 0.203 e. The van der Waals surface area contributed by atoms with Crippen LogP contribution >= 0.6 is 0 Å². The lowest BCUT2D eigenvalue weighted by atomic mass is 10.1. The third-order valence-corrected chi connectivity index (χ3v) is 3.68. The van der Waals surface area contributed by atoms with Crippen LogP contribution in [0.25, 0.3) is 0 Å². The first-order valence-electron chi connectivity index (χ1n) is 6.83. The van der Waals surface area contributed by atoms with E-state index in [4.69, 9.17) is 19.9 Å². The van der Waals surface area contributed by atoms with Gasteiger partial charge in [-0.1, -0.05) is 12.8 Å². The Morgan fingerprint density at radius 1 is 1.05 bits per heavy atom. The molecule has 1 saturated carbocycles. The monoisotopic (exact) mass is 278 g/mol. The minimum atomic E-state index is 0.397. The molecule has 0 aromatic heterocycles. The van der Waals surface area contributed by atoms with Crippen LogP contribution in [-0.4, -0.2) is 27.2 Å². The molecule has 2 rings (SSSR count). The van der Waals surface area contributed by atoms with Crippen molar-refractivity contribution in [3.05, 3.63) is 12.1 Å². The molecule has 0 aliphatic heterocycles. The molecule has 2 N–H and O–H groups in total. The van der Waals surface area contributed by atoms with E-state index in [-0.39, 0.29) is 0 Å². The van der Waals surface area contributed by atoms with Crippen molar-refractivity contribution in [2.24, 2.45) is 16.6 Å². The SMILES string of the molecule is COc1cc(N=C(N)C2CCCC2)cc(OC)c1OC. The highest BCUT2D eigenvalue weighted by Gasteiger charge is 2.19. The van der Waals surface area contributed by atoms with Gasteiger partial charge in [-0.3, -0.25) is 0 Å². The van der Waals surface area contributed by atoms with Crippen LogP contribution in [-0.2, 0) is 0 Å². The Morgan fingerprint density at radius 3 is 2.05 bits per heavy atom. The van der Waals surface area contributed by atoms with Gasteiger partial charge >= 0.3 is 0 Å². The number of hydrogen-bond donors (Lipinski definition) is 1. The van der Waals surface area contributed by atoms with Crippen molar-refractivity contribution >= 4 is 11.5 Å². The lowest BCUT2D eigenvalue weighted by Crippen LogP contribution is -2.20. The van der Waals surface area contributed by atoms with E-state index in [0.717, 1.165) is 18.5 Å². The predicted molar refractivity (Wildman–Crippen MR) is 79.3 cm³/mol. The van der Waals surface area contributed by atoms with Gasteiger partial charge in [0.15, 0.2) is 11.5 Å². The average molecular weight is 278 g/mol. The van der Waals surface area contributed by atoms with E-state index in [1.807, 2.05) is 12.1 Å². The van der Waals surface area contributed by atoms with Crippen LogP contribution in [0, 0.1) is 5.92 Å². The van der Waals surface area contributed by atoms with Gasteiger partial charge in [0.2, 0.25) is 5.75 Å². The second kappa shape index (κ2) is 6.50. The van der Waals surface area contributed by atoms with E-state index in [1.165, 1.54) is 12.8 Å². The van der Waals surface area contributed by atoms with Gasteiger partial charge in [-0.15, -0.1) is 0 Å². The first-order chi connectivity index (χ1) is 9.69. The number of methoxy groups -OCH3 is 3. The van der Waals surface area contributed by atoms with Crippen LogP contribution in [0.2, 0.25) is 0 Å². The third kappa shape index (κ3) is 2.98. The zero-order chi connectivity index (χ0) is 14.5. The number of nitrogens with two attached hydrogens (primary N) is 1. The maximum absolute atomic E-state index is 6.10. The summed E-state index contributed by atoms with van der Waals surface area (Å²) >= 11 is 0. The molecule has 0 radical (unpaired) electrons. The molecule has 1 aliphatic carbocycles. The van der Waals surface area contributed by atoms with Crippen LogP contribution in [0.1, 0.15) is 25.7 Å². The Hall–Kier alpha value is -1.91. The van der Waals surface area contributed by atoms with Crippen molar-refractivity contribution in [2.75, 3.05) is 21.3 Å². The first kappa shape index (κ1) is 14.5. The van der Waals surface area contributed by atoms with Gasteiger partial charge in [-0.2, -0.15) is 0 Å². The Morgan fingerprint density at radius 2 is 1.60 bits per heavy atom. The molecule has 110 valence electrons. The van der Waals surface area contributed by atoms with E-state index in [0.29, 0.717) is 29.0 Å². The van der Waals surface area contributed by atoms with E-state index in [9.17, 15) is 0 Å². The highest BCUT2D eigenvalue weighted by Crippen LogP contribution is 2.41. The minimum Gasteiger partial charge on any atom is -0.493 e. The van der Waals surface area contributed by atoms with Gasteiger partial charge < -0.3 is 19.9 Å². The van der Waals surface area contributed by atoms with Gasteiger partial charge in [-0.25, -0.2) is 4.99 Å². The average Bonchev–Trinajstić information content (AvgIpc) is 3.00. The molecular weight excluding hydrogens is 256 g/mol. The van der Waals surface area contributed by atoms with E-state index >= 15 is 0 Å². The maximum atomic E-state index is 6.10. The van der Waals surface area contributed by atoms with Crippen LogP contribution < -0.4 is 19.9 Å². The molecule has 5 nitrogen and oxygen atoms in total. The van der Waals surface area contributed by atoms with Crippen molar-refractivity contribution in [3.8, 4) is 17.2 Å². The zero-order valence-corrected chi connectivity index (χ0v) is 12.3. The topological polar surface area (TPSA) is 66.1 Å². The Kier molecular flexibility index (Phi) is 4.71. The zero-order valence-electron chi connectivity index (χ0n) is 12.3. The summed E-state index contributed by atoms with van der Waals surface area (Å²) in [4.78, 5) is 4.51. The first-order valence-corrected chi connectivity index (χ1v) is 6.83. The molecule has 0 heterocycles. The number of amidine groups is 1. The predicted octanol–water partition coefficient (Wildman–Crippen LogP) is 2.89. The van der Waals surface area contributed by atoms with E-state index in [2.05, 4.69) is 4.99 Å². The Balaban J connectivity index is 2.34. The van der Waals surface area contributed by atoms with E-state index in [1.54, 1.807) is 21.3 Å². The van der Waals surface area contributed by atoms with Crippen molar-refractivity contribution in [1.29, 1.82) is 0 Å². The maximum Gasteiger partial charge on any atom is 0.203 e. The van der Waals surface area contributed by atoms with Crippen LogP contribution in [0.4, 0.5) is 5.69 Å². The van der Waals surface area contributed by atoms with Crippen molar-refractivity contribution in [3.63, 3.8) is 0 Å². The van der Waals surface area contributed by atoms with Gasteiger partial charge in [-0.05, 0) is 12.8 Å². The molecule has 1 aromatic rings. The lowest BCUT2D eigenvalue weighted by Gasteiger charge is -2.13. The van der Waals surface area contributed by atoms with Crippen molar-refractivity contribution in [1.82, 2.24) is 0 Å². The fraction of sp³-hybridized carbons (Fsp3) is 0.533. The number of rotatable bonds is 5. The molecule has 1 fully saturated rings. The molecule has 1 aromatic carbocycles. The second-order valence-electron chi connectivity index (χ2n) is 4.90.